The van der Waals surface area contributed by atoms with E-state index in [4.69, 9.17) is 0 Å². The van der Waals surface area contributed by atoms with Crippen LogP contribution in [0.4, 0.5) is 0 Å². The lowest BCUT2D eigenvalue weighted by atomic mass is 10.1. The van der Waals surface area contributed by atoms with Gasteiger partial charge in [0.25, 0.3) is 0 Å². The van der Waals surface area contributed by atoms with Crippen LogP contribution >= 0.6 is 0 Å². The molecular formula is C17H22. The van der Waals surface area contributed by atoms with E-state index in [1.54, 1.807) is 0 Å². The summed E-state index contributed by atoms with van der Waals surface area (Å²) in [4.78, 5) is 0. The Kier molecular flexibility index (Phi) is 6.09. The topological polar surface area (TPSA) is 0 Å². The van der Waals surface area contributed by atoms with Crippen molar-refractivity contribution in [3.8, 4) is 0 Å². The normalized spacial score (nSPS) is 12.8. The first kappa shape index (κ1) is 13.5. The second-order valence-corrected chi connectivity index (χ2v) is 4.12. The highest BCUT2D eigenvalue weighted by molar-refractivity contribution is 5.54. The maximum atomic E-state index is 2.28. The van der Waals surface area contributed by atoms with E-state index in [-0.39, 0.29) is 0 Å². The lowest BCUT2D eigenvalue weighted by Gasteiger charge is -1.97. The average Bonchev–Trinajstić information content (AvgIpc) is 2.35. The molecule has 0 bridgehead atoms. The van der Waals surface area contributed by atoms with Gasteiger partial charge in [-0.05, 0) is 30.9 Å². The molecule has 0 N–H and O–H groups in total. The van der Waals surface area contributed by atoms with Crippen LogP contribution in [-0.4, -0.2) is 0 Å². The smallest absolute Gasteiger partial charge is 0.0227 e. The zero-order valence-electron chi connectivity index (χ0n) is 11.1. The maximum Gasteiger partial charge on any atom is -0.0227 e. The van der Waals surface area contributed by atoms with Crippen molar-refractivity contribution in [2.24, 2.45) is 0 Å². The van der Waals surface area contributed by atoms with Gasteiger partial charge in [-0.1, -0.05) is 74.1 Å². The summed E-state index contributed by atoms with van der Waals surface area (Å²) in [6, 6.07) is 8.42. The SMILES string of the molecule is CC/C=C(/C=C/C=C/c1ccccc1C)CC. The van der Waals surface area contributed by atoms with Gasteiger partial charge >= 0.3 is 0 Å². The van der Waals surface area contributed by atoms with Gasteiger partial charge in [-0.3, -0.25) is 0 Å². The second kappa shape index (κ2) is 7.67. The monoisotopic (exact) mass is 226 g/mol. The van der Waals surface area contributed by atoms with Crippen molar-refractivity contribution in [3.05, 3.63) is 65.3 Å². The Morgan fingerprint density at radius 3 is 2.53 bits per heavy atom. The van der Waals surface area contributed by atoms with Gasteiger partial charge in [0.05, 0.1) is 0 Å². The fourth-order valence-corrected chi connectivity index (χ4v) is 1.70. The second-order valence-electron chi connectivity index (χ2n) is 4.12. The van der Waals surface area contributed by atoms with Crippen LogP contribution in [0.3, 0.4) is 0 Å². The summed E-state index contributed by atoms with van der Waals surface area (Å²) < 4.78 is 0. The predicted octanol–water partition coefficient (Wildman–Crippen LogP) is 5.31. The third-order valence-corrected chi connectivity index (χ3v) is 2.76. The van der Waals surface area contributed by atoms with E-state index in [0.29, 0.717) is 0 Å². The summed E-state index contributed by atoms with van der Waals surface area (Å²) in [6.07, 6.45) is 13.1. The van der Waals surface area contributed by atoms with Crippen molar-refractivity contribution < 1.29 is 0 Å². The molecule has 0 amide bonds. The highest BCUT2D eigenvalue weighted by Gasteiger charge is 1.89. The van der Waals surface area contributed by atoms with E-state index in [0.717, 1.165) is 12.8 Å². The summed E-state index contributed by atoms with van der Waals surface area (Å²) in [5, 5.41) is 0. The van der Waals surface area contributed by atoms with Crippen molar-refractivity contribution in [3.63, 3.8) is 0 Å². The molecule has 0 aliphatic heterocycles. The van der Waals surface area contributed by atoms with Gasteiger partial charge in [-0.25, -0.2) is 0 Å². The molecule has 0 heteroatoms. The molecule has 1 aromatic carbocycles. The van der Waals surface area contributed by atoms with E-state index in [1.165, 1.54) is 16.7 Å². The summed E-state index contributed by atoms with van der Waals surface area (Å²) in [7, 11) is 0. The first-order valence-electron chi connectivity index (χ1n) is 6.37. The summed E-state index contributed by atoms with van der Waals surface area (Å²) in [6.45, 7) is 6.50. The van der Waals surface area contributed by atoms with E-state index in [9.17, 15) is 0 Å². The molecule has 0 aliphatic carbocycles. The van der Waals surface area contributed by atoms with Crippen LogP contribution in [0.15, 0.2) is 54.1 Å². The largest absolute Gasteiger partial charge is 0.0816 e. The highest BCUT2D eigenvalue weighted by Crippen LogP contribution is 2.09. The first-order chi connectivity index (χ1) is 8.27. The molecule has 0 saturated heterocycles. The minimum absolute atomic E-state index is 1.10. The lowest BCUT2D eigenvalue weighted by molar-refractivity contribution is 1.10. The fourth-order valence-electron chi connectivity index (χ4n) is 1.70. The number of benzene rings is 1. The molecule has 0 fully saturated rings. The van der Waals surface area contributed by atoms with Crippen molar-refractivity contribution in [2.75, 3.05) is 0 Å². The van der Waals surface area contributed by atoms with Gasteiger partial charge in [0.15, 0.2) is 0 Å². The van der Waals surface area contributed by atoms with Crippen molar-refractivity contribution in [1.29, 1.82) is 0 Å². The Morgan fingerprint density at radius 1 is 1.12 bits per heavy atom. The zero-order valence-corrected chi connectivity index (χ0v) is 11.1. The van der Waals surface area contributed by atoms with E-state index >= 15 is 0 Å². The molecule has 0 aromatic heterocycles. The van der Waals surface area contributed by atoms with Crippen LogP contribution in [0.1, 0.15) is 37.8 Å². The van der Waals surface area contributed by atoms with Gasteiger partial charge in [-0.15, -0.1) is 0 Å². The molecule has 0 radical (unpaired) electrons. The third kappa shape index (κ3) is 4.86. The number of rotatable bonds is 5. The van der Waals surface area contributed by atoms with Crippen LogP contribution < -0.4 is 0 Å². The molecular weight excluding hydrogens is 204 g/mol. The summed E-state index contributed by atoms with van der Waals surface area (Å²) in [5.41, 5.74) is 4.01. The molecule has 0 saturated carbocycles. The molecule has 17 heavy (non-hydrogen) atoms. The van der Waals surface area contributed by atoms with Crippen LogP contribution in [0.25, 0.3) is 6.08 Å². The van der Waals surface area contributed by atoms with Crippen molar-refractivity contribution in [2.45, 2.75) is 33.6 Å². The lowest BCUT2D eigenvalue weighted by Crippen LogP contribution is -1.77. The van der Waals surface area contributed by atoms with E-state index in [2.05, 4.69) is 75.4 Å². The Bertz CT molecular complexity index is 419. The Balaban J connectivity index is 2.64. The Labute approximate surface area is 105 Å². The van der Waals surface area contributed by atoms with Gasteiger partial charge in [0, 0.05) is 0 Å². The number of hydrogen-bond donors (Lipinski definition) is 0. The molecule has 0 spiro atoms. The molecule has 90 valence electrons. The molecule has 0 nitrogen and oxygen atoms in total. The quantitative estimate of drug-likeness (QED) is 0.597. The molecule has 0 heterocycles. The van der Waals surface area contributed by atoms with Crippen LogP contribution in [0.5, 0.6) is 0 Å². The summed E-state index contributed by atoms with van der Waals surface area (Å²) >= 11 is 0. The minimum atomic E-state index is 1.10. The third-order valence-electron chi connectivity index (χ3n) is 2.76. The van der Waals surface area contributed by atoms with Crippen molar-refractivity contribution in [1.82, 2.24) is 0 Å². The van der Waals surface area contributed by atoms with Gasteiger partial charge in [0.2, 0.25) is 0 Å². The fraction of sp³-hybridized carbons (Fsp3) is 0.294. The average molecular weight is 226 g/mol. The Morgan fingerprint density at radius 2 is 1.88 bits per heavy atom. The number of hydrogen-bond acceptors (Lipinski definition) is 0. The Hall–Kier alpha value is -1.56. The van der Waals surface area contributed by atoms with Crippen molar-refractivity contribution >= 4 is 6.08 Å². The van der Waals surface area contributed by atoms with Crippen LogP contribution in [-0.2, 0) is 0 Å². The van der Waals surface area contributed by atoms with E-state index in [1.807, 2.05) is 0 Å². The minimum Gasteiger partial charge on any atom is -0.0816 e. The first-order valence-corrected chi connectivity index (χ1v) is 6.37. The number of aryl methyl sites for hydroxylation is 1. The number of allylic oxidation sites excluding steroid dienone is 5. The summed E-state index contributed by atoms with van der Waals surface area (Å²) in [5.74, 6) is 0. The van der Waals surface area contributed by atoms with E-state index < -0.39 is 0 Å². The molecule has 1 aromatic rings. The van der Waals surface area contributed by atoms with Gasteiger partial charge in [-0.2, -0.15) is 0 Å². The molecule has 1 rings (SSSR count). The zero-order chi connectivity index (χ0) is 12.5. The van der Waals surface area contributed by atoms with Gasteiger partial charge in [0.1, 0.15) is 0 Å². The predicted molar refractivity (Wildman–Crippen MR) is 78.0 cm³/mol. The molecule has 0 aliphatic rings. The van der Waals surface area contributed by atoms with Crippen LogP contribution in [0.2, 0.25) is 0 Å². The van der Waals surface area contributed by atoms with Gasteiger partial charge < -0.3 is 0 Å². The standard InChI is InChI=1S/C17H22/c1-4-10-16(5-2)12-7-9-14-17-13-8-6-11-15(17)3/h6-14H,4-5H2,1-3H3/b12-7+,14-9+,16-10+. The highest BCUT2D eigenvalue weighted by atomic mass is 13.9. The molecule has 0 atom stereocenters. The molecule has 0 unspecified atom stereocenters. The van der Waals surface area contributed by atoms with Crippen LogP contribution in [0, 0.1) is 6.92 Å². The maximum absolute atomic E-state index is 2.28.